The Morgan fingerprint density at radius 2 is 2.00 bits per heavy atom. The number of hydrogen-bond donors (Lipinski definition) is 0. The average Bonchev–Trinajstić information content (AvgIpc) is 2.72. The van der Waals surface area contributed by atoms with E-state index in [0.29, 0.717) is 42.2 Å². The van der Waals surface area contributed by atoms with Crippen LogP contribution in [0.15, 0.2) is 18.2 Å². The summed E-state index contributed by atoms with van der Waals surface area (Å²) in [5.41, 5.74) is 0.519. The Hall–Kier alpha value is -1.75. The van der Waals surface area contributed by atoms with Gasteiger partial charge in [0.25, 0.3) is 0 Å². The molecule has 0 amide bonds. The predicted molar refractivity (Wildman–Crippen MR) is 106 cm³/mol. The van der Waals surface area contributed by atoms with E-state index >= 15 is 0 Å². The highest BCUT2D eigenvalue weighted by Crippen LogP contribution is 2.32. The molecule has 2 saturated heterocycles. The van der Waals surface area contributed by atoms with Crippen LogP contribution < -0.4 is 9.47 Å². The van der Waals surface area contributed by atoms with Crippen LogP contribution in [0.25, 0.3) is 0 Å². The van der Waals surface area contributed by atoms with Gasteiger partial charge >= 0.3 is 5.97 Å². The average molecular weight is 376 g/mol. The molecule has 0 aliphatic carbocycles. The number of esters is 1. The third-order valence-electron chi connectivity index (χ3n) is 5.81. The molecule has 27 heavy (non-hydrogen) atoms. The molecule has 1 aromatic carbocycles. The van der Waals surface area contributed by atoms with Crippen molar-refractivity contribution in [3.05, 3.63) is 23.8 Å². The van der Waals surface area contributed by atoms with Crippen LogP contribution in [0, 0.1) is 5.92 Å². The lowest BCUT2D eigenvalue weighted by Crippen LogP contribution is -2.49. The van der Waals surface area contributed by atoms with Gasteiger partial charge in [0.2, 0.25) is 0 Å². The van der Waals surface area contributed by atoms with Gasteiger partial charge in [-0.2, -0.15) is 0 Å². The number of nitrogens with zero attached hydrogens (tertiary/aromatic N) is 1. The number of ether oxygens (including phenoxy) is 3. The van der Waals surface area contributed by atoms with Gasteiger partial charge in [0, 0.05) is 12.0 Å². The number of piperidine rings is 2. The van der Waals surface area contributed by atoms with Crippen molar-refractivity contribution in [2.24, 2.45) is 5.92 Å². The van der Waals surface area contributed by atoms with Gasteiger partial charge in [0.1, 0.15) is 0 Å². The summed E-state index contributed by atoms with van der Waals surface area (Å²) in [6.07, 6.45) is 8.26. The van der Waals surface area contributed by atoms with Crippen molar-refractivity contribution in [1.82, 2.24) is 4.90 Å². The van der Waals surface area contributed by atoms with Crippen molar-refractivity contribution in [2.45, 2.75) is 57.9 Å². The van der Waals surface area contributed by atoms with Crippen LogP contribution in [0.1, 0.15) is 62.2 Å². The van der Waals surface area contributed by atoms with Gasteiger partial charge in [-0.3, -0.25) is 4.90 Å². The Bertz CT molecular complexity index is 616. The second kappa shape index (κ2) is 9.98. The fourth-order valence-corrected chi connectivity index (χ4v) is 4.28. The molecule has 0 saturated carbocycles. The predicted octanol–water partition coefficient (Wildman–Crippen LogP) is 4.30. The van der Waals surface area contributed by atoms with Crippen LogP contribution in [-0.2, 0) is 4.74 Å². The molecule has 5 heteroatoms. The molecule has 1 aromatic rings. The Morgan fingerprint density at radius 3 is 2.81 bits per heavy atom. The second-order valence-electron chi connectivity index (χ2n) is 7.67. The highest BCUT2D eigenvalue weighted by molar-refractivity contribution is 5.90. The monoisotopic (exact) mass is 375 g/mol. The van der Waals surface area contributed by atoms with E-state index in [4.69, 9.17) is 14.2 Å². The maximum atomic E-state index is 12.6. The topological polar surface area (TPSA) is 48.0 Å². The van der Waals surface area contributed by atoms with E-state index in [2.05, 4.69) is 11.8 Å². The van der Waals surface area contributed by atoms with Crippen LogP contribution in [0.5, 0.6) is 11.5 Å². The number of unbranched alkanes of at least 4 members (excludes halogenated alkanes) is 1. The van der Waals surface area contributed by atoms with Gasteiger partial charge < -0.3 is 14.2 Å². The second-order valence-corrected chi connectivity index (χ2v) is 7.67. The van der Waals surface area contributed by atoms with Gasteiger partial charge in [0.15, 0.2) is 11.5 Å². The van der Waals surface area contributed by atoms with Crippen molar-refractivity contribution >= 4 is 5.97 Å². The molecule has 150 valence electrons. The maximum absolute atomic E-state index is 12.6. The number of methoxy groups -OCH3 is 1. The minimum absolute atomic E-state index is 0.277. The first-order valence-electron chi connectivity index (χ1n) is 10.4. The summed E-state index contributed by atoms with van der Waals surface area (Å²) in [4.78, 5) is 15.1. The molecule has 2 heterocycles. The SMILES string of the molecule is CCCCOc1ccc(C(=O)OC[C@@H]2CCCN3CCCC[C@@H]23)cc1OC. The first-order chi connectivity index (χ1) is 13.2. The summed E-state index contributed by atoms with van der Waals surface area (Å²) in [7, 11) is 1.59. The van der Waals surface area contributed by atoms with Gasteiger partial charge in [-0.15, -0.1) is 0 Å². The number of hydrogen-bond acceptors (Lipinski definition) is 5. The summed E-state index contributed by atoms with van der Waals surface area (Å²) in [6.45, 7) is 5.68. The van der Waals surface area contributed by atoms with Crippen molar-refractivity contribution in [2.75, 3.05) is 33.4 Å². The van der Waals surface area contributed by atoms with E-state index in [0.717, 1.165) is 19.3 Å². The van der Waals surface area contributed by atoms with E-state index in [9.17, 15) is 4.79 Å². The van der Waals surface area contributed by atoms with Crippen molar-refractivity contribution in [3.63, 3.8) is 0 Å². The summed E-state index contributed by atoms with van der Waals surface area (Å²) < 4.78 is 16.8. The highest BCUT2D eigenvalue weighted by Gasteiger charge is 2.33. The quantitative estimate of drug-likeness (QED) is 0.501. The van der Waals surface area contributed by atoms with Crippen molar-refractivity contribution in [1.29, 1.82) is 0 Å². The zero-order valence-electron chi connectivity index (χ0n) is 16.7. The lowest BCUT2D eigenvalue weighted by Gasteiger charge is -2.44. The summed E-state index contributed by atoms with van der Waals surface area (Å²) in [5.74, 6) is 1.44. The van der Waals surface area contributed by atoms with Crippen LogP contribution in [0.2, 0.25) is 0 Å². The minimum Gasteiger partial charge on any atom is -0.493 e. The van der Waals surface area contributed by atoms with Gasteiger partial charge in [0.05, 0.1) is 25.9 Å². The Morgan fingerprint density at radius 1 is 1.15 bits per heavy atom. The first-order valence-corrected chi connectivity index (χ1v) is 10.4. The summed E-state index contributed by atoms with van der Waals surface area (Å²) in [5, 5.41) is 0. The van der Waals surface area contributed by atoms with Gasteiger partial charge in [-0.1, -0.05) is 19.8 Å². The molecule has 5 nitrogen and oxygen atoms in total. The van der Waals surface area contributed by atoms with Gasteiger partial charge in [-0.25, -0.2) is 4.79 Å². The van der Waals surface area contributed by atoms with E-state index < -0.39 is 0 Å². The number of rotatable bonds is 8. The van der Waals surface area contributed by atoms with Crippen molar-refractivity contribution in [3.8, 4) is 11.5 Å². The molecular formula is C22H33NO4. The number of fused-ring (bicyclic) bond motifs is 1. The summed E-state index contributed by atoms with van der Waals surface area (Å²) >= 11 is 0. The molecule has 0 unspecified atom stereocenters. The third-order valence-corrected chi connectivity index (χ3v) is 5.81. The Kier molecular flexibility index (Phi) is 7.39. The highest BCUT2D eigenvalue weighted by atomic mass is 16.5. The molecule has 0 N–H and O–H groups in total. The minimum atomic E-state index is -0.277. The first kappa shape index (κ1) is 20.0. The molecular weight excluding hydrogens is 342 g/mol. The molecule has 0 bridgehead atoms. The molecule has 2 fully saturated rings. The van der Waals surface area contributed by atoms with E-state index in [-0.39, 0.29) is 5.97 Å². The Labute approximate surface area is 163 Å². The molecule has 2 atom stereocenters. The van der Waals surface area contributed by atoms with Crippen LogP contribution in [0.4, 0.5) is 0 Å². The molecule has 2 aliphatic heterocycles. The molecule has 2 aliphatic rings. The molecule has 0 spiro atoms. The lowest BCUT2D eigenvalue weighted by molar-refractivity contribution is 0.00737. The van der Waals surface area contributed by atoms with Crippen molar-refractivity contribution < 1.29 is 19.0 Å². The largest absolute Gasteiger partial charge is 0.493 e. The fraction of sp³-hybridized carbons (Fsp3) is 0.682. The summed E-state index contributed by atoms with van der Waals surface area (Å²) in [6, 6.07) is 5.87. The number of benzene rings is 1. The number of carbonyl (C=O) groups is 1. The molecule has 3 rings (SSSR count). The van der Waals surface area contributed by atoms with E-state index in [1.54, 1.807) is 25.3 Å². The van der Waals surface area contributed by atoms with Gasteiger partial charge in [-0.05, 0) is 63.4 Å². The van der Waals surface area contributed by atoms with Crippen LogP contribution in [0.3, 0.4) is 0 Å². The zero-order valence-corrected chi connectivity index (χ0v) is 16.7. The smallest absolute Gasteiger partial charge is 0.338 e. The van der Waals surface area contributed by atoms with Crippen LogP contribution in [-0.4, -0.2) is 50.3 Å². The van der Waals surface area contributed by atoms with E-state index in [1.165, 1.54) is 38.8 Å². The van der Waals surface area contributed by atoms with E-state index in [1.807, 2.05) is 0 Å². The Balaban J connectivity index is 1.57. The zero-order chi connectivity index (χ0) is 19.1. The molecule has 0 aromatic heterocycles. The normalized spacial score (nSPS) is 22.7. The van der Waals surface area contributed by atoms with Crippen LogP contribution >= 0.6 is 0 Å². The molecule has 0 radical (unpaired) electrons. The standard InChI is InChI=1S/C22H33NO4/c1-3-4-14-26-20-11-10-17(15-21(20)25-2)22(24)27-16-18-8-7-13-23-12-6-5-9-19(18)23/h10-11,15,18-19H,3-9,12-14,16H2,1-2H3/t18-,19-/m0/s1. The fourth-order valence-electron chi connectivity index (χ4n) is 4.28. The maximum Gasteiger partial charge on any atom is 0.338 e. The lowest BCUT2D eigenvalue weighted by atomic mass is 9.84. The third kappa shape index (κ3) is 5.16. The number of carbonyl (C=O) groups excluding carboxylic acids is 1.